The summed E-state index contributed by atoms with van der Waals surface area (Å²) in [6.45, 7) is 4.88. The maximum atomic E-state index is 12.7. The zero-order valence-electron chi connectivity index (χ0n) is 16.4. The number of methoxy groups -OCH3 is 1. The molecule has 1 aliphatic carbocycles. The normalized spacial score (nSPS) is 18.4. The Hall–Kier alpha value is -2.30. The molecule has 2 heterocycles. The van der Waals surface area contributed by atoms with Gasteiger partial charge in [-0.05, 0) is 62.8 Å². The third kappa shape index (κ3) is 3.73. The minimum Gasteiger partial charge on any atom is -0.497 e. The van der Waals surface area contributed by atoms with E-state index in [0.717, 1.165) is 43.8 Å². The molecule has 4 rings (SSSR count). The van der Waals surface area contributed by atoms with Crippen molar-refractivity contribution in [2.24, 2.45) is 5.92 Å². The molecule has 1 saturated heterocycles. The van der Waals surface area contributed by atoms with E-state index in [1.807, 2.05) is 35.4 Å². The van der Waals surface area contributed by atoms with E-state index in [-0.39, 0.29) is 5.91 Å². The fraction of sp³-hybridized carbons (Fsp3) is 0.545. The van der Waals surface area contributed by atoms with Crippen LogP contribution in [0.15, 0.2) is 30.5 Å². The van der Waals surface area contributed by atoms with Gasteiger partial charge in [0, 0.05) is 43.0 Å². The highest BCUT2D eigenvalue weighted by Gasteiger charge is 2.28. The molecule has 2 fully saturated rings. The summed E-state index contributed by atoms with van der Waals surface area (Å²) in [5.41, 5.74) is 2.01. The third-order valence-corrected chi connectivity index (χ3v) is 6.24. The lowest BCUT2D eigenvalue weighted by atomic mass is 9.84. The van der Waals surface area contributed by atoms with Crippen molar-refractivity contribution in [3.8, 4) is 5.75 Å². The first-order chi connectivity index (χ1) is 13.2. The van der Waals surface area contributed by atoms with Crippen molar-refractivity contribution in [2.75, 3.05) is 20.2 Å². The van der Waals surface area contributed by atoms with Gasteiger partial charge in [0.2, 0.25) is 0 Å². The minimum atomic E-state index is 0.130. The van der Waals surface area contributed by atoms with Gasteiger partial charge in [-0.25, -0.2) is 4.98 Å². The molecular weight excluding hydrogens is 338 g/mol. The van der Waals surface area contributed by atoms with E-state index in [2.05, 4.69) is 16.5 Å². The van der Waals surface area contributed by atoms with E-state index in [1.165, 1.54) is 30.8 Å². The maximum absolute atomic E-state index is 12.7. The van der Waals surface area contributed by atoms with Crippen LogP contribution in [0.3, 0.4) is 0 Å². The highest BCUT2D eigenvalue weighted by molar-refractivity contribution is 5.94. The third-order valence-electron chi connectivity index (χ3n) is 6.24. The minimum absolute atomic E-state index is 0.130. The fourth-order valence-corrected chi connectivity index (χ4v) is 4.20. The summed E-state index contributed by atoms with van der Waals surface area (Å²) >= 11 is 0. The monoisotopic (exact) mass is 367 g/mol. The summed E-state index contributed by atoms with van der Waals surface area (Å²) in [5, 5.41) is 0. The number of hydrogen-bond acceptors (Lipinski definition) is 3. The molecule has 2 aliphatic rings. The summed E-state index contributed by atoms with van der Waals surface area (Å²) in [7, 11) is 1.64. The lowest BCUT2D eigenvalue weighted by Crippen LogP contribution is -2.39. The molecule has 1 amide bonds. The van der Waals surface area contributed by atoms with Crippen molar-refractivity contribution < 1.29 is 9.53 Å². The van der Waals surface area contributed by atoms with Crippen molar-refractivity contribution in [1.82, 2.24) is 14.5 Å². The maximum Gasteiger partial charge on any atom is 0.253 e. The molecule has 0 spiro atoms. The van der Waals surface area contributed by atoms with Crippen molar-refractivity contribution in [3.63, 3.8) is 0 Å². The number of benzene rings is 1. The average molecular weight is 367 g/mol. The van der Waals surface area contributed by atoms with Crippen LogP contribution < -0.4 is 4.74 Å². The quantitative estimate of drug-likeness (QED) is 0.802. The summed E-state index contributed by atoms with van der Waals surface area (Å²) in [4.78, 5) is 19.4. The Kier molecular flexibility index (Phi) is 5.19. The van der Waals surface area contributed by atoms with Crippen LogP contribution in [0.1, 0.15) is 59.9 Å². The van der Waals surface area contributed by atoms with Gasteiger partial charge in [0.1, 0.15) is 11.6 Å². The SMILES string of the molecule is COc1ccc(C(=O)N2CCC(Cn3c(C)cnc3C3CCC3)CC2)cc1. The second-order valence-corrected chi connectivity index (χ2v) is 7.96. The van der Waals surface area contributed by atoms with Crippen LogP contribution >= 0.6 is 0 Å². The van der Waals surface area contributed by atoms with Gasteiger partial charge in [-0.15, -0.1) is 0 Å². The van der Waals surface area contributed by atoms with Gasteiger partial charge in [-0.3, -0.25) is 4.79 Å². The first kappa shape index (κ1) is 18.1. The van der Waals surface area contributed by atoms with Gasteiger partial charge in [0.15, 0.2) is 0 Å². The highest BCUT2D eigenvalue weighted by atomic mass is 16.5. The number of aryl methyl sites for hydroxylation is 1. The van der Waals surface area contributed by atoms with Crippen molar-refractivity contribution in [2.45, 2.75) is 51.5 Å². The smallest absolute Gasteiger partial charge is 0.253 e. The summed E-state index contributed by atoms with van der Waals surface area (Å²) in [5.74, 6) is 3.48. The first-order valence-corrected chi connectivity index (χ1v) is 10.1. The number of carbonyl (C=O) groups is 1. The topological polar surface area (TPSA) is 47.4 Å². The number of aromatic nitrogens is 2. The standard InChI is InChI=1S/C22H29N3O2/c1-16-14-23-21(18-4-3-5-18)25(16)15-17-10-12-24(13-11-17)22(26)19-6-8-20(27-2)9-7-19/h6-9,14,17-18H,3-5,10-13,15H2,1-2H3. The Morgan fingerprint density at radius 2 is 1.85 bits per heavy atom. The van der Waals surface area contributed by atoms with Crippen molar-refractivity contribution >= 4 is 5.91 Å². The van der Waals surface area contributed by atoms with Crippen LogP contribution in [0, 0.1) is 12.8 Å². The molecule has 0 radical (unpaired) electrons. The molecule has 27 heavy (non-hydrogen) atoms. The number of ether oxygens (including phenoxy) is 1. The molecular formula is C22H29N3O2. The van der Waals surface area contributed by atoms with Crippen LogP contribution in [0.25, 0.3) is 0 Å². The Bertz CT molecular complexity index is 784. The summed E-state index contributed by atoms with van der Waals surface area (Å²) in [6, 6.07) is 7.41. The van der Waals surface area contributed by atoms with Gasteiger partial charge in [-0.2, -0.15) is 0 Å². The van der Waals surface area contributed by atoms with Gasteiger partial charge in [-0.1, -0.05) is 6.42 Å². The predicted molar refractivity (Wildman–Crippen MR) is 105 cm³/mol. The molecule has 0 bridgehead atoms. The van der Waals surface area contributed by atoms with E-state index in [0.29, 0.717) is 11.8 Å². The molecule has 5 heteroatoms. The summed E-state index contributed by atoms with van der Waals surface area (Å²) < 4.78 is 7.61. The molecule has 2 aromatic rings. The Labute approximate surface area is 161 Å². The Balaban J connectivity index is 1.35. The number of imidazole rings is 1. The molecule has 1 aromatic heterocycles. The molecule has 1 aliphatic heterocycles. The number of rotatable bonds is 5. The van der Waals surface area contributed by atoms with Crippen LogP contribution in [0.2, 0.25) is 0 Å². The Morgan fingerprint density at radius 3 is 2.44 bits per heavy atom. The van der Waals surface area contributed by atoms with Crippen LogP contribution in [-0.4, -0.2) is 40.6 Å². The zero-order valence-corrected chi connectivity index (χ0v) is 16.4. The lowest BCUT2D eigenvalue weighted by Gasteiger charge is -2.33. The van der Waals surface area contributed by atoms with Gasteiger partial charge >= 0.3 is 0 Å². The molecule has 144 valence electrons. The van der Waals surface area contributed by atoms with E-state index in [1.54, 1.807) is 7.11 Å². The number of hydrogen-bond donors (Lipinski definition) is 0. The molecule has 1 aromatic carbocycles. The van der Waals surface area contributed by atoms with Crippen molar-refractivity contribution in [1.29, 1.82) is 0 Å². The highest BCUT2D eigenvalue weighted by Crippen LogP contribution is 2.36. The molecule has 0 N–H and O–H groups in total. The molecule has 5 nitrogen and oxygen atoms in total. The second-order valence-electron chi connectivity index (χ2n) is 7.96. The molecule has 0 unspecified atom stereocenters. The Morgan fingerprint density at radius 1 is 1.15 bits per heavy atom. The van der Waals surface area contributed by atoms with E-state index in [4.69, 9.17) is 4.74 Å². The summed E-state index contributed by atoms with van der Waals surface area (Å²) in [6.07, 6.45) is 8.04. The number of piperidine rings is 1. The van der Waals surface area contributed by atoms with Crippen LogP contribution in [0.4, 0.5) is 0 Å². The number of nitrogens with zero attached hydrogens (tertiary/aromatic N) is 3. The average Bonchev–Trinajstić information content (AvgIpc) is 3.01. The van der Waals surface area contributed by atoms with Crippen molar-refractivity contribution in [3.05, 3.63) is 47.5 Å². The number of amides is 1. The molecule has 0 atom stereocenters. The van der Waals surface area contributed by atoms with E-state index >= 15 is 0 Å². The van der Waals surface area contributed by atoms with E-state index in [9.17, 15) is 4.79 Å². The van der Waals surface area contributed by atoms with Crippen LogP contribution in [0.5, 0.6) is 5.75 Å². The molecule has 1 saturated carbocycles. The number of likely N-dealkylation sites (tertiary alicyclic amines) is 1. The van der Waals surface area contributed by atoms with Crippen LogP contribution in [-0.2, 0) is 6.54 Å². The first-order valence-electron chi connectivity index (χ1n) is 10.1. The largest absolute Gasteiger partial charge is 0.497 e. The van der Waals surface area contributed by atoms with Gasteiger partial charge < -0.3 is 14.2 Å². The predicted octanol–water partition coefficient (Wildman–Crippen LogP) is 4.02. The fourth-order valence-electron chi connectivity index (χ4n) is 4.20. The lowest BCUT2D eigenvalue weighted by molar-refractivity contribution is 0.0681. The number of carbonyl (C=O) groups excluding carboxylic acids is 1. The van der Waals surface area contributed by atoms with E-state index < -0.39 is 0 Å². The second kappa shape index (κ2) is 7.75. The zero-order chi connectivity index (χ0) is 18.8. The van der Waals surface area contributed by atoms with Gasteiger partial charge in [0.25, 0.3) is 5.91 Å². The van der Waals surface area contributed by atoms with Gasteiger partial charge in [0.05, 0.1) is 7.11 Å².